The molecule has 3 aliphatic rings. The Labute approximate surface area is 84.4 Å². The molecule has 78 valence electrons. The van der Waals surface area contributed by atoms with E-state index in [1.165, 1.54) is 30.0 Å². The van der Waals surface area contributed by atoms with Crippen LogP contribution in [-0.2, 0) is 0 Å². The van der Waals surface area contributed by atoms with Gasteiger partial charge >= 0.3 is 0 Å². The van der Waals surface area contributed by atoms with E-state index in [1.54, 1.807) is 0 Å². The Bertz CT molecular complexity index is 451. The molecule has 7 heteroatoms. The molecule has 15 heavy (non-hydrogen) atoms. The summed E-state index contributed by atoms with van der Waals surface area (Å²) in [5, 5.41) is 31.9. The summed E-state index contributed by atoms with van der Waals surface area (Å²) in [6, 6.07) is 0. The zero-order chi connectivity index (χ0) is 10.7. The molecule has 0 aromatic rings. The second-order valence-corrected chi connectivity index (χ2v) is 3.48. The predicted octanol–water partition coefficient (Wildman–Crippen LogP) is -1.41. The molecule has 0 aromatic carbocycles. The maximum Gasteiger partial charge on any atom is 0.276 e. The van der Waals surface area contributed by atoms with E-state index in [2.05, 4.69) is 15.3 Å². The van der Waals surface area contributed by atoms with Crippen LogP contribution in [-0.4, -0.2) is 44.3 Å². The average molecular weight is 208 g/mol. The van der Waals surface area contributed by atoms with Gasteiger partial charge < -0.3 is 20.6 Å². The molecule has 0 fully saturated rings. The van der Waals surface area contributed by atoms with Crippen LogP contribution in [0.3, 0.4) is 0 Å². The normalized spacial score (nSPS) is 34.4. The van der Waals surface area contributed by atoms with Crippen molar-refractivity contribution in [3.05, 3.63) is 23.9 Å². The van der Waals surface area contributed by atoms with Crippen LogP contribution in [0.2, 0.25) is 0 Å². The lowest BCUT2D eigenvalue weighted by Crippen LogP contribution is -2.59. The van der Waals surface area contributed by atoms with Crippen molar-refractivity contribution >= 4 is 12.7 Å². The molecular formula is C8H8N4O3. The smallest absolute Gasteiger partial charge is 0.276 e. The van der Waals surface area contributed by atoms with Crippen LogP contribution in [0, 0.1) is 0 Å². The highest BCUT2D eigenvalue weighted by atomic mass is 16.5. The summed E-state index contributed by atoms with van der Waals surface area (Å²) in [5.74, 6) is -3.02. The summed E-state index contributed by atoms with van der Waals surface area (Å²) < 4.78 is 0. The Kier molecular flexibility index (Phi) is 1.24. The Hall–Kier alpha value is -1.86. The summed E-state index contributed by atoms with van der Waals surface area (Å²) in [4.78, 5) is 9.19. The molecule has 7 nitrogen and oxygen atoms in total. The van der Waals surface area contributed by atoms with Gasteiger partial charge in [0, 0.05) is 0 Å². The number of aliphatic hydroxyl groups excluding tert-OH is 1. The van der Waals surface area contributed by atoms with Crippen LogP contribution >= 0.6 is 0 Å². The van der Waals surface area contributed by atoms with Crippen molar-refractivity contribution in [2.45, 2.75) is 11.4 Å². The SMILES string of the molecule is OC1=CN2C=NC=C3NC=NC32C1(O)O. The van der Waals surface area contributed by atoms with Gasteiger partial charge in [-0.1, -0.05) is 0 Å². The van der Waals surface area contributed by atoms with Crippen LogP contribution in [0.15, 0.2) is 33.8 Å². The van der Waals surface area contributed by atoms with E-state index in [9.17, 15) is 15.3 Å². The second kappa shape index (κ2) is 2.20. The van der Waals surface area contributed by atoms with E-state index < -0.39 is 17.2 Å². The van der Waals surface area contributed by atoms with Crippen molar-refractivity contribution in [2.75, 3.05) is 0 Å². The lowest BCUT2D eigenvalue weighted by molar-refractivity contribution is -0.195. The van der Waals surface area contributed by atoms with E-state index in [-0.39, 0.29) is 0 Å². The van der Waals surface area contributed by atoms with Crippen molar-refractivity contribution in [1.29, 1.82) is 0 Å². The summed E-state index contributed by atoms with van der Waals surface area (Å²) >= 11 is 0. The first-order valence-electron chi connectivity index (χ1n) is 4.28. The van der Waals surface area contributed by atoms with E-state index in [4.69, 9.17) is 0 Å². The Morgan fingerprint density at radius 2 is 2.20 bits per heavy atom. The van der Waals surface area contributed by atoms with Gasteiger partial charge in [-0.2, -0.15) is 0 Å². The third kappa shape index (κ3) is 0.703. The molecule has 3 aliphatic heterocycles. The van der Waals surface area contributed by atoms with Crippen molar-refractivity contribution in [3.63, 3.8) is 0 Å². The highest BCUT2D eigenvalue weighted by molar-refractivity contribution is 5.73. The fourth-order valence-electron chi connectivity index (χ4n) is 1.95. The van der Waals surface area contributed by atoms with Gasteiger partial charge in [-0.05, 0) is 0 Å². The molecule has 1 spiro atoms. The number of rotatable bonds is 0. The van der Waals surface area contributed by atoms with Gasteiger partial charge in [-0.15, -0.1) is 0 Å². The van der Waals surface area contributed by atoms with Crippen LogP contribution in [0.1, 0.15) is 0 Å². The molecule has 0 amide bonds. The van der Waals surface area contributed by atoms with Crippen LogP contribution in [0.25, 0.3) is 0 Å². The number of aliphatic imine (C=N–C) groups is 2. The molecule has 1 unspecified atom stereocenters. The zero-order valence-corrected chi connectivity index (χ0v) is 7.49. The Morgan fingerprint density at radius 3 is 3.00 bits per heavy atom. The summed E-state index contributed by atoms with van der Waals surface area (Å²) in [6.45, 7) is 0. The molecular weight excluding hydrogens is 200 g/mol. The van der Waals surface area contributed by atoms with E-state index >= 15 is 0 Å². The minimum absolute atomic E-state index is 0.398. The molecule has 4 N–H and O–H groups in total. The lowest BCUT2D eigenvalue weighted by Gasteiger charge is -2.38. The number of hydrogen-bond donors (Lipinski definition) is 4. The van der Waals surface area contributed by atoms with Gasteiger partial charge in [0.1, 0.15) is 0 Å². The first-order chi connectivity index (χ1) is 7.09. The average Bonchev–Trinajstić information content (AvgIpc) is 2.69. The molecule has 1 atom stereocenters. The Morgan fingerprint density at radius 1 is 1.40 bits per heavy atom. The van der Waals surface area contributed by atoms with Crippen LogP contribution in [0.5, 0.6) is 0 Å². The fraction of sp³-hybridized carbons (Fsp3) is 0.250. The highest BCUT2D eigenvalue weighted by Gasteiger charge is 2.65. The summed E-state index contributed by atoms with van der Waals surface area (Å²) in [5.41, 5.74) is -1.06. The number of nitrogens with one attached hydrogen (secondary N) is 1. The lowest BCUT2D eigenvalue weighted by atomic mass is 9.96. The number of aliphatic hydroxyl groups is 3. The van der Waals surface area contributed by atoms with Gasteiger partial charge in [0.25, 0.3) is 5.79 Å². The Balaban J connectivity index is 2.25. The van der Waals surface area contributed by atoms with Gasteiger partial charge in [0.2, 0.25) is 5.66 Å². The second-order valence-electron chi connectivity index (χ2n) is 3.48. The third-order valence-electron chi connectivity index (χ3n) is 2.72. The number of hydrogen-bond acceptors (Lipinski definition) is 7. The molecule has 0 saturated heterocycles. The highest BCUT2D eigenvalue weighted by Crippen LogP contribution is 2.45. The minimum Gasteiger partial charge on any atom is -0.506 e. The molecule has 0 aliphatic carbocycles. The minimum atomic E-state index is -2.45. The van der Waals surface area contributed by atoms with Crippen molar-refractivity contribution in [1.82, 2.24) is 10.2 Å². The van der Waals surface area contributed by atoms with Gasteiger partial charge in [-0.3, -0.25) is 4.90 Å². The first kappa shape index (κ1) is 8.45. The van der Waals surface area contributed by atoms with E-state index in [0.717, 1.165) is 0 Å². The maximum atomic E-state index is 9.86. The van der Waals surface area contributed by atoms with Crippen LogP contribution < -0.4 is 5.32 Å². The predicted molar refractivity (Wildman–Crippen MR) is 50.7 cm³/mol. The quantitative estimate of drug-likeness (QED) is 0.366. The van der Waals surface area contributed by atoms with Gasteiger partial charge in [-0.25, -0.2) is 9.98 Å². The molecule has 0 saturated carbocycles. The van der Waals surface area contributed by atoms with E-state index in [0.29, 0.717) is 5.70 Å². The fourth-order valence-corrected chi connectivity index (χ4v) is 1.95. The van der Waals surface area contributed by atoms with Crippen molar-refractivity contribution in [2.24, 2.45) is 9.98 Å². The summed E-state index contributed by atoms with van der Waals surface area (Å²) in [6.07, 6.45) is 5.30. The molecule has 3 rings (SSSR count). The third-order valence-corrected chi connectivity index (χ3v) is 2.72. The van der Waals surface area contributed by atoms with Crippen molar-refractivity contribution in [3.8, 4) is 0 Å². The van der Waals surface area contributed by atoms with Gasteiger partial charge in [0.05, 0.1) is 30.8 Å². The largest absolute Gasteiger partial charge is 0.506 e. The number of nitrogens with zero attached hydrogens (tertiary/aromatic N) is 3. The monoisotopic (exact) mass is 208 g/mol. The van der Waals surface area contributed by atoms with Crippen molar-refractivity contribution < 1.29 is 15.3 Å². The topological polar surface area (TPSA) is 101 Å². The summed E-state index contributed by atoms with van der Waals surface area (Å²) in [7, 11) is 0. The standard InChI is InChI=1S/C8H8N4O3/c13-6-2-12-4-9-1-5-7(12,8(6,14)15)11-3-10-5/h1-4,13-15H,(H,10,11). The molecule has 0 radical (unpaired) electrons. The zero-order valence-electron chi connectivity index (χ0n) is 7.49. The van der Waals surface area contributed by atoms with E-state index in [1.807, 2.05) is 0 Å². The maximum absolute atomic E-state index is 9.86. The first-order valence-corrected chi connectivity index (χ1v) is 4.28. The molecule has 0 aromatic heterocycles. The molecule has 3 heterocycles. The van der Waals surface area contributed by atoms with Crippen LogP contribution in [0.4, 0.5) is 0 Å². The molecule has 0 bridgehead atoms. The van der Waals surface area contributed by atoms with Gasteiger partial charge in [0.15, 0.2) is 5.76 Å².